The minimum atomic E-state index is -1.21. The number of rotatable bonds is 2. The molecule has 2 aromatic rings. The van der Waals surface area contributed by atoms with E-state index in [1.807, 2.05) is 36.2 Å². The fraction of sp³-hybridized carbons (Fsp3) is 0.333. The summed E-state index contributed by atoms with van der Waals surface area (Å²) >= 11 is 0. The second-order valence-electron chi connectivity index (χ2n) is 7.14. The predicted octanol–water partition coefficient (Wildman–Crippen LogP) is 1.23. The molecule has 2 aliphatic rings. The Hall–Kier alpha value is -3.24. The molecule has 0 saturated carbocycles. The molecule has 7 heteroatoms. The van der Waals surface area contributed by atoms with Gasteiger partial charge in [-0.15, -0.1) is 0 Å². The largest absolute Gasteiger partial charge is 0.477 e. The number of benzene rings is 1. The second kappa shape index (κ2) is 6.73. The number of primary amides is 1. The summed E-state index contributed by atoms with van der Waals surface area (Å²) in [5, 5.41) is 15.1. The minimum Gasteiger partial charge on any atom is -0.477 e. The van der Waals surface area contributed by atoms with Crippen LogP contribution < -0.4 is 10.5 Å². The predicted molar refractivity (Wildman–Crippen MR) is 104 cm³/mol. The Balaban J connectivity index is 1.71. The quantitative estimate of drug-likeness (QED) is 0.767. The van der Waals surface area contributed by atoms with Crippen molar-refractivity contribution in [3.8, 4) is 23.4 Å². The first-order valence-electron chi connectivity index (χ1n) is 9.20. The number of hydrogen-bond donors (Lipinski definition) is 2. The zero-order chi connectivity index (χ0) is 19.9. The highest BCUT2D eigenvalue weighted by Crippen LogP contribution is 2.31. The van der Waals surface area contributed by atoms with Gasteiger partial charge in [0.1, 0.15) is 0 Å². The number of likely N-dealkylation sites (N-methyl/N-ethyl adjacent to an activating group) is 1. The van der Waals surface area contributed by atoms with Crippen LogP contribution in [0, 0.1) is 11.8 Å². The number of nitrogens with zero attached hydrogens (tertiary/aromatic N) is 3. The summed E-state index contributed by atoms with van der Waals surface area (Å²) in [4.78, 5) is 13.7. The van der Waals surface area contributed by atoms with Crippen LogP contribution in [0.5, 0.6) is 5.88 Å². The topological polar surface area (TPSA) is 93.6 Å². The first-order chi connectivity index (χ1) is 13.4. The Morgan fingerprint density at radius 3 is 3.00 bits per heavy atom. The van der Waals surface area contributed by atoms with Crippen LogP contribution in [-0.4, -0.2) is 51.5 Å². The normalized spacial score (nSPS) is 20.9. The van der Waals surface area contributed by atoms with E-state index < -0.39 is 11.5 Å². The van der Waals surface area contributed by atoms with Gasteiger partial charge in [0.05, 0.1) is 18.0 Å². The van der Waals surface area contributed by atoms with E-state index in [0.717, 1.165) is 18.5 Å². The Bertz CT molecular complexity index is 1030. The molecular weight excluding hydrogens is 356 g/mol. The molecule has 4 rings (SSSR count). The summed E-state index contributed by atoms with van der Waals surface area (Å²) in [6.07, 6.45) is 2.05. The number of amides is 1. The van der Waals surface area contributed by atoms with Crippen molar-refractivity contribution in [2.45, 2.75) is 24.9 Å². The van der Waals surface area contributed by atoms with E-state index in [2.05, 4.69) is 23.5 Å². The lowest BCUT2D eigenvalue weighted by Gasteiger charge is -2.19. The summed E-state index contributed by atoms with van der Waals surface area (Å²) in [7, 11) is 1.89. The molecule has 0 unspecified atom stereocenters. The molecule has 0 spiro atoms. The molecule has 0 aliphatic carbocycles. The maximum atomic E-state index is 11.8. The van der Waals surface area contributed by atoms with Gasteiger partial charge in [-0.25, -0.2) is 4.68 Å². The monoisotopic (exact) mass is 378 g/mol. The van der Waals surface area contributed by atoms with Crippen molar-refractivity contribution in [2.24, 2.45) is 5.73 Å². The fourth-order valence-corrected chi connectivity index (χ4v) is 3.55. The van der Waals surface area contributed by atoms with E-state index in [4.69, 9.17) is 10.5 Å². The molecule has 0 bridgehead atoms. The molecule has 3 heterocycles. The van der Waals surface area contributed by atoms with Gasteiger partial charge in [-0.2, -0.15) is 5.10 Å². The van der Waals surface area contributed by atoms with Crippen LogP contribution in [0.3, 0.4) is 0 Å². The lowest BCUT2D eigenvalue weighted by atomic mass is 10.0. The van der Waals surface area contributed by atoms with Crippen LogP contribution in [0.15, 0.2) is 36.5 Å². The standard InChI is InChI=1S/C21H22N4O3/c1-14-21(27,10-11-24(14)2)9-8-15-5-3-6-16(13-15)25-20-17(7-4-12-28-20)18(23-25)19(22)26/h3,5-6,13,27H,1,4,7,10-12H2,2H3,(H2,22,26)/t21-/m0/s1. The SMILES string of the molecule is C=C1N(C)CC[C@@]1(O)C#Cc1cccc(-n2nc(C(N)=O)c3c2OCCC3)c1. The molecule has 1 saturated heterocycles. The third-order valence-electron chi connectivity index (χ3n) is 5.23. The number of hydrogen-bond acceptors (Lipinski definition) is 5. The molecule has 1 amide bonds. The van der Waals surface area contributed by atoms with Gasteiger partial charge in [0.2, 0.25) is 5.88 Å². The van der Waals surface area contributed by atoms with Gasteiger partial charge < -0.3 is 20.5 Å². The Kier molecular flexibility index (Phi) is 4.36. The number of nitrogens with two attached hydrogens (primary N) is 1. The summed E-state index contributed by atoms with van der Waals surface area (Å²) < 4.78 is 7.36. The summed E-state index contributed by atoms with van der Waals surface area (Å²) in [6, 6.07) is 7.40. The molecule has 2 aliphatic heterocycles. The van der Waals surface area contributed by atoms with Crippen molar-refractivity contribution < 1.29 is 14.6 Å². The maximum absolute atomic E-state index is 11.8. The highest BCUT2D eigenvalue weighted by atomic mass is 16.5. The average Bonchev–Trinajstić information content (AvgIpc) is 3.21. The Labute approximate surface area is 163 Å². The highest BCUT2D eigenvalue weighted by molar-refractivity contribution is 5.93. The van der Waals surface area contributed by atoms with Crippen molar-refractivity contribution in [3.63, 3.8) is 0 Å². The Morgan fingerprint density at radius 2 is 2.29 bits per heavy atom. The lowest BCUT2D eigenvalue weighted by molar-refractivity contribution is 0.0994. The maximum Gasteiger partial charge on any atom is 0.269 e. The smallest absolute Gasteiger partial charge is 0.269 e. The number of fused-ring (bicyclic) bond motifs is 1. The molecule has 0 radical (unpaired) electrons. The van der Waals surface area contributed by atoms with Crippen LogP contribution in [0.2, 0.25) is 0 Å². The van der Waals surface area contributed by atoms with Crippen molar-refractivity contribution >= 4 is 5.91 Å². The van der Waals surface area contributed by atoms with Crippen LogP contribution in [0.1, 0.15) is 34.5 Å². The first kappa shape index (κ1) is 18.1. The number of likely N-dealkylation sites (tertiary alicyclic amines) is 1. The molecule has 144 valence electrons. The molecule has 1 aromatic heterocycles. The van der Waals surface area contributed by atoms with E-state index in [-0.39, 0.29) is 5.69 Å². The van der Waals surface area contributed by atoms with Crippen LogP contribution in [-0.2, 0) is 6.42 Å². The van der Waals surface area contributed by atoms with Crippen LogP contribution in [0.25, 0.3) is 5.69 Å². The van der Waals surface area contributed by atoms with Crippen molar-refractivity contribution in [1.82, 2.24) is 14.7 Å². The zero-order valence-corrected chi connectivity index (χ0v) is 15.7. The number of carbonyl (C=O) groups excluding carboxylic acids is 1. The number of aliphatic hydroxyl groups is 1. The van der Waals surface area contributed by atoms with Gasteiger partial charge in [-0.3, -0.25) is 4.79 Å². The van der Waals surface area contributed by atoms with Gasteiger partial charge in [-0.05, 0) is 31.0 Å². The Morgan fingerprint density at radius 1 is 1.46 bits per heavy atom. The molecule has 7 nitrogen and oxygen atoms in total. The second-order valence-corrected chi connectivity index (χ2v) is 7.14. The minimum absolute atomic E-state index is 0.241. The summed E-state index contributed by atoms with van der Waals surface area (Å²) in [5.41, 5.74) is 7.30. The van der Waals surface area contributed by atoms with E-state index in [0.29, 0.717) is 42.3 Å². The average molecular weight is 378 g/mol. The van der Waals surface area contributed by atoms with E-state index in [9.17, 15) is 9.90 Å². The number of ether oxygens (including phenoxy) is 1. The van der Waals surface area contributed by atoms with Gasteiger partial charge in [-0.1, -0.05) is 24.5 Å². The molecule has 28 heavy (non-hydrogen) atoms. The van der Waals surface area contributed by atoms with Gasteiger partial charge in [0.15, 0.2) is 11.3 Å². The van der Waals surface area contributed by atoms with Crippen LogP contribution >= 0.6 is 0 Å². The van der Waals surface area contributed by atoms with E-state index in [1.165, 1.54) is 0 Å². The molecular formula is C21H22N4O3. The number of carbonyl (C=O) groups is 1. The molecule has 1 atom stereocenters. The van der Waals surface area contributed by atoms with Crippen molar-refractivity contribution in [3.05, 3.63) is 53.4 Å². The molecule has 3 N–H and O–H groups in total. The van der Waals surface area contributed by atoms with E-state index >= 15 is 0 Å². The summed E-state index contributed by atoms with van der Waals surface area (Å²) in [5.74, 6) is 5.97. The van der Waals surface area contributed by atoms with E-state index in [1.54, 1.807) is 4.68 Å². The van der Waals surface area contributed by atoms with Crippen molar-refractivity contribution in [2.75, 3.05) is 20.2 Å². The third-order valence-corrected chi connectivity index (χ3v) is 5.23. The summed E-state index contributed by atoms with van der Waals surface area (Å²) in [6.45, 7) is 5.22. The lowest BCUT2D eigenvalue weighted by Crippen LogP contribution is -2.26. The van der Waals surface area contributed by atoms with Gasteiger partial charge >= 0.3 is 0 Å². The molecule has 1 aromatic carbocycles. The van der Waals surface area contributed by atoms with Crippen LogP contribution in [0.4, 0.5) is 0 Å². The molecule has 1 fully saturated rings. The first-order valence-corrected chi connectivity index (χ1v) is 9.20. The van der Waals surface area contributed by atoms with Gasteiger partial charge in [0.25, 0.3) is 5.91 Å². The zero-order valence-electron chi connectivity index (χ0n) is 15.7. The van der Waals surface area contributed by atoms with Crippen molar-refractivity contribution in [1.29, 1.82) is 0 Å². The number of aromatic nitrogens is 2. The third kappa shape index (κ3) is 3.02. The fourth-order valence-electron chi connectivity index (χ4n) is 3.55. The highest BCUT2D eigenvalue weighted by Gasteiger charge is 2.36. The van der Waals surface area contributed by atoms with Gasteiger partial charge in [0, 0.05) is 31.1 Å².